The second-order valence-corrected chi connectivity index (χ2v) is 6.08. The number of nitrogens with zero attached hydrogens (tertiary/aromatic N) is 3. The Morgan fingerprint density at radius 2 is 1.75 bits per heavy atom. The van der Waals surface area contributed by atoms with Gasteiger partial charge in [0.25, 0.3) is 5.91 Å². The summed E-state index contributed by atoms with van der Waals surface area (Å²) in [6.07, 6.45) is 0. The molecule has 1 N–H and O–H groups in total. The Bertz CT molecular complexity index is 977. The minimum atomic E-state index is -0.225. The third-order valence-electron chi connectivity index (χ3n) is 4.17. The van der Waals surface area contributed by atoms with E-state index in [0.29, 0.717) is 34.5 Å². The Morgan fingerprint density at radius 3 is 2.43 bits per heavy atom. The predicted octanol–water partition coefficient (Wildman–Crippen LogP) is 3.82. The Morgan fingerprint density at radius 1 is 1.00 bits per heavy atom. The minimum absolute atomic E-state index is 0.225. The molecule has 3 aromatic rings. The summed E-state index contributed by atoms with van der Waals surface area (Å²) in [5, 5.41) is 3.19. The first-order chi connectivity index (χ1) is 13.5. The average Bonchev–Trinajstić information content (AvgIpc) is 2.72. The standard InChI is InChI=1S/C21H22N4O3/c1-14-22-18(21(26)25(2)15-8-6-5-7-9-15)13-20(23-14)24-17-12-16(27-3)10-11-19(17)28-4/h5-13H,1-4H3,(H,22,23,24). The van der Waals surface area contributed by atoms with Crippen molar-refractivity contribution in [2.75, 3.05) is 31.5 Å². The van der Waals surface area contributed by atoms with Gasteiger partial charge in [-0.25, -0.2) is 9.97 Å². The van der Waals surface area contributed by atoms with Crippen LogP contribution in [0.4, 0.5) is 17.2 Å². The smallest absolute Gasteiger partial charge is 0.276 e. The molecule has 0 aliphatic carbocycles. The van der Waals surface area contributed by atoms with Crippen LogP contribution in [0.25, 0.3) is 0 Å². The third-order valence-corrected chi connectivity index (χ3v) is 4.17. The zero-order chi connectivity index (χ0) is 20.1. The molecule has 1 amide bonds. The van der Waals surface area contributed by atoms with Gasteiger partial charge in [-0.05, 0) is 31.2 Å². The van der Waals surface area contributed by atoms with Gasteiger partial charge in [0, 0.05) is 24.9 Å². The maximum Gasteiger partial charge on any atom is 0.276 e. The van der Waals surface area contributed by atoms with Gasteiger partial charge >= 0.3 is 0 Å². The predicted molar refractivity (Wildman–Crippen MR) is 109 cm³/mol. The van der Waals surface area contributed by atoms with Gasteiger partial charge in [0.05, 0.1) is 19.9 Å². The number of anilines is 3. The highest BCUT2D eigenvalue weighted by atomic mass is 16.5. The summed E-state index contributed by atoms with van der Waals surface area (Å²) in [5.41, 5.74) is 1.76. The molecule has 0 radical (unpaired) electrons. The van der Waals surface area contributed by atoms with Gasteiger partial charge in [-0.2, -0.15) is 0 Å². The lowest BCUT2D eigenvalue weighted by Gasteiger charge is -2.18. The quantitative estimate of drug-likeness (QED) is 0.703. The molecule has 144 valence electrons. The summed E-state index contributed by atoms with van der Waals surface area (Å²) >= 11 is 0. The van der Waals surface area contributed by atoms with Gasteiger partial charge in [0.2, 0.25) is 0 Å². The maximum atomic E-state index is 12.9. The highest BCUT2D eigenvalue weighted by Crippen LogP contribution is 2.31. The van der Waals surface area contributed by atoms with Crippen LogP contribution in [0.15, 0.2) is 54.6 Å². The van der Waals surface area contributed by atoms with Crippen molar-refractivity contribution in [3.63, 3.8) is 0 Å². The third kappa shape index (κ3) is 4.20. The Kier molecular flexibility index (Phi) is 5.74. The first-order valence-corrected chi connectivity index (χ1v) is 8.69. The summed E-state index contributed by atoms with van der Waals surface area (Å²) in [4.78, 5) is 23.1. The number of aromatic nitrogens is 2. The van der Waals surface area contributed by atoms with E-state index in [2.05, 4.69) is 15.3 Å². The normalized spacial score (nSPS) is 10.3. The van der Waals surface area contributed by atoms with E-state index in [1.165, 1.54) is 0 Å². The van der Waals surface area contributed by atoms with Crippen molar-refractivity contribution in [3.05, 3.63) is 66.1 Å². The number of hydrogen-bond donors (Lipinski definition) is 1. The number of amides is 1. The molecular weight excluding hydrogens is 356 g/mol. The van der Waals surface area contributed by atoms with Crippen LogP contribution < -0.4 is 19.7 Å². The SMILES string of the molecule is COc1ccc(OC)c(Nc2cc(C(=O)N(C)c3ccccc3)nc(C)n2)c1. The van der Waals surface area contributed by atoms with Gasteiger partial charge in [0.15, 0.2) is 0 Å². The molecule has 2 aromatic carbocycles. The van der Waals surface area contributed by atoms with Crippen LogP contribution in [-0.4, -0.2) is 37.1 Å². The second-order valence-electron chi connectivity index (χ2n) is 6.08. The number of para-hydroxylation sites is 1. The lowest BCUT2D eigenvalue weighted by Crippen LogP contribution is -2.27. The van der Waals surface area contributed by atoms with Crippen molar-refractivity contribution < 1.29 is 14.3 Å². The zero-order valence-corrected chi connectivity index (χ0v) is 16.3. The number of carbonyl (C=O) groups is 1. The fourth-order valence-corrected chi connectivity index (χ4v) is 2.73. The van der Waals surface area contributed by atoms with Crippen LogP contribution in [-0.2, 0) is 0 Å². The van der Waals surface area contributed by atoms with Crippen molar-refractivity contribution >= 4 is 23.1 Å². The summed E-state index contributed by atoms with van der Waals surface area (Å²) < 4.78 is 10.7. The number of aryl methyl sites for hydroxylation is 1. The van der Waals surface area contributed by atoms with Crippen LogP contribution in [0.3, 0.4) is 0 Å². The van der Waals surface area contributed by atoms with E-state index in [4.69, 9.17) is 9.47 Å². The summed E-state index contributed by atoms with van der Waals surface area (Å²) in [5.74, 6) is 2.05. The first kappa shape index (κ1) is 19.2. The van der Waals surface area contributed by atoms with Crippen LogP contribution in [0.2, 0.25) is 0 Å². The average molecular weight is 378 g/mol. The number of benzene rings is 2. The minimum Gasteiger partial charge on any atom is -0.497 e. The molecule has 7 nitrogen and oxygen atoms in total. The van der Waals surface area contributed by atoms with E-state index < -0.39 is 0 Å². The zero-order valence-electron chi connectivity index (χ0n) is 16.3. The lowest BCUT2D eigenvalue weighted by atomic mass is 10.2. The highest BCUT2D eigenvalue weighted by molar-refractivity contribution is 6.04. The summed E-state index contributed by atoms with van der Waals surface area (Å²) in [6, 6.07) is 16.4. The number of ether oxygens (including phenoxy) is 2. The molecule has 0 saturated carbocycles. The van der Waals surface area contributed by atoms with Crippen LogP contribution in [0.1, 0.15) is 16.3 Å². The van der Waals surface area contributed by atoms with E-state index >= 15 is 0 Å². The van der Waals surface area contributed by atoms with Crippen molar-refractivity contribution in [1.29, 1.82) is 0 Å². The van der Waals surface area contributed by atoms with Crippen LogP contribution in [0.5, 0.6) is 11.5 Å². The molecule has 0 spiro atoms. The van der Waals surface area contributed by atoms with Gasteiger partial charge in [0.1, 0.15) is 28.8 Å². The van der Waals surface area contributed by atoms with E-state index in [9.17, 15) is 4.79 Å². The Labute approximate surface area is 164 Å². The number of hydrogen-bond acceptors (Lipinski definition) is 6. The van der Waals surface area contributed by atoms with Gasteiger partial charge in [-0.3, -0.25) is 4.79 Å². The van der Waals surface area contributed by atoms with Crippen molar-refractivity contribution in [3.8, 4) is 11.5 Å². The second kappa shape index (κ2) is 8.39. The molecule has 0 saturated heterocycles. The number of carbonyl (C=O) groups excluding carboxylic acids is 1. The summed E-state index contributed by atoms with van der Waals surface area (Å²) in [7, 11) is 4.89. The number of nitrogens with one attached hydrogen (secondary N) is 1. The molecule has 28 heavy (non-hydrogen) atoms. The molecule has 7 heteroatoms. The molecule has 1 aromatic heterocycles. The molecule has 3 rings (SSSR count). The van der Waals surface area contributed by atoms with Gasteiger partial charge in [-0.1, -0.05) is 18.2 Å². The molecule has 0 aliphatic rings. The fraction of sp³-hybridized carbons (Fsp3) is 0.190. The topological polar surface area (TPSA) is 76.6 Å². The summed E-state index contributed by atoms with van der Waals surface area (Å²) in [6.45, 7) is 1.74. The lowest BCUT2D eigenvalue weighted by molar-refractivity contribution is 0.0988. The van der Waals surface area contributed by atoms with E-state index in [1.807, 2.05) is 30.3 Å². The van der Waals surface area contributed by atoms with E-state index in [-0.39, 0.29) is 5.91 Å². The van der Waals surface area contributed by atoms with Crippen molar-refractivity contribution in [2.24, 2.45) is 0 Å². The number of methoxy groups -OCH3 is 2. The Hall–Kier alpha value is -3.61. The fourth-order valence-electron chi connectivity index (χ4n) is 2.73. The van der Waals surface area contributed by atoms with Gasteiger partial charge in [-0.15, -0.1) is 0 Å². The molecule has 0 fully saturated rings. The molecule has 0 atom stereocenters. The van der Waals surface area contributed by atoms with Crippen molar-refractivity contribution in [2.45, 2.75) is 6.92 Å². The molecule has 0 unspecified atom stereocenters. The first-order valence-electron chi connectivity index (χ1n) is 8.69. The monoisotopic (exact) mass is 378 g/mol. The largest absolute Gasteiger partial charge is 0.497 e. The molecule has 0 aliphatic heterocycles. The van der Waals surface area contributed by atoms with E-state index in [1.54, 1.807) is 57.4 Å². The molecule has 1 heterocycles. The number of rotatable bonds is 6. The Balaban J connectivity index is 1.91. The molecular formula is C21H22N4O3. The van der Waals surface area contributed by atoms with Crippen LogP contribution >= 0.6 is 0 Å². The van der Waals surface area contributed by atoms with Crippen molar-refractivity contribution in [1.82, 2.24) is 9.97 Å². The maximum absolute atomic E-state index is 12.9. The highest BCUT2D eigenvalue weighted by Gasteiger charge is 2.17. The van der Waals surface area contributed by atoms with Crippen LogP contribution in [0, 0.1) is 6.92 Å². The molecule has 0 bridgehead atoms. The van der Waals surface area contributed by atoms with E-state index in [0.717, 1.165) is 5.69 Å². The van der Waals surface area contributed by atoms with Gasteiger partial charge < -0.3 is 19.7 Å².